The second-order valence-electron chi connectivity index (χ2n) is 2.70. The van der Waals surface area contributed by atoms with Crippen LogP contribution >= 0.6 is 0 Å². The maximum Gasteiger partial charge on any atom is 0.425 e. The molecule has 0 aromatic carbocycles. The van der Waals surface area contributed by atoms with E-state index in [0.717, 1.165) is 0 Å². The van der Waals surface area contributed by atoms with Crippen molar-refractivity contribution in [3.05, 3.63) is 0 Å². The first-order valence-corrected chi connectivity index (χ1v) is 3.73. The quantitative estimate of drug-likeness (QED) is 0.576. The van der Waals surface area contributed by atoms with Gasteiger partial charge in [0.2, 0.25) is 6.17 Å². The van der Waals surface area contributed by atoms with Crippen LogP contribution in [0.3, 0.4) is 0 Å². The Bertz CT molecular complexity index is 278. The highest BCUT2D eigenvalue weighted by molar-refractivity contribution is 5.88. The molecule has 14 heavy (non-hydrogen) atoms. The molecule has 2 atom stereocenters. The smallest absolute Gasteiger partial charge is 0.321 e. The van der Waals surface area contributed by atoms with Crippen LogP contribution in [0.5, 0.6) is 0 Å². The van der Waals surface area contributed by atoms with Crippen LogP contribution < -0.4 is 16.6 Å². The van der Waals surface area contributed by atoms with Crippen molar-refractivity contribution in [1.82, 2.24) is 10.9 Å². The number of aliphatic imine (C=N–C) groups is 1. The molecule has 2 unspecified atom stereocenters. The van der Waals surface area contributed by atoms with E-state index in [0.29, 0.717) is 0 Å². The van der Waals surface area contributed by atoms with Gasteiger partial charge in [0, 0.05) is 0 Å². The molecule has 1 rings (SSSR count). The zero-order valence-electron chi connectivity index (χ0n) is 6.97. The highest BCUT2D eigenvalue weighted by atomic mass is 19.4. The Morgan fingerprint density at radius 3 is 2.71 bits per heavy atom. The zero-order chi connectivity index (χ0) is 10.8. The molecular formula is C6H8F3N5. The molecule has 1 aliphatic heterocycles. The van der Waals surface area contributed by atoms with Crippen molar-refractivity contribution in [1.29, 1.82) is 5.26 Å². The first kappa shape index (κ1) is 10.7. The van der Waals surface area contributed by atoms with Gasteiger partial charge in [0.25, 0.3) is 0 Å². The van der Waals surface area contributed by atoms with Crippen molar-refractivity contribution in [2.75, 3.05) is 0 Å². The van der Waals surface area contributed by atoms with Gasteiger partial charge < -0.3 is 11.2 Å². The second-order valence-corrected chi connectivity index (χ2v) is 2.70. The highest BCUT2D eigenvalue weighted by Gasteiger charge is 2.42. The number of amidine groups is 1. The molecule has 1 aliphatic rings. The average molecular weight is 207 g/mol. The van der Waals surface area contributed by atoms with E-state index in [-0.39, 0.29) is 12.3 Å². The fourth-order valence-electron chi connectivity index (χ4n) is 0.884. The summed E-state index contributed by atoms with van der Waals surface area (Å²) < 4.78 is 36.2. The van der Waals surface area contributed by atoms with E-state index in [1.165, 1.54) is 0 Å². The van der Waals surface area contributed by atoms with Crippen molar-refractivity contribution in [3.63, 3.8) is 0 Å². The third kappa shape index (κ3) is 2.34. The summed E-state index contributed by atoms with van der Waals surface area (Å²) in [5.41, 5.74) is 9.49. The number of hydrogen-bond acceptors (Lipinski definition) is 5. The lowest BCUT2D eigenvalue weighted by Gasteiger charge is -2.10. The number of alkyl halides is 3. The molecule has 0 aromatic heterocycles. The SMILES string of the molecule is N#CCC(N)C1=NC(C(F)(F)F)NN1. The summed E-state index contributed by atoms with van der Waals surface area (Å²) in [6, 6.07) is 0.923. The molecule has 0 aromatic rings. The molecular weight excluding hydrogens is 199 g/mol. The molecule has 0 saturated heterocycles. The van der Waals surface area contributed by atoms with Crippen LogP contribution in [0.4, 0.5) is 13.2 Å². The second kappa shape index (κ2) is 3.81. The Labute approximate surface area is 77.8 Å². The van der Waals surface area contributed by atoms with Gasteiger partial charge in [-0.3, -0.25) is 0 Å². The minimum Gasteiger partial charge on any atom is -0.321 e. The Balaban J connectivity index is 2.64. The van der Waals surface area contributed by atoms with E-state index in [4.69, 9.17) is 11.0 Å². The number of hydrogen-bond donors (Lipinski definition) is 3. The lowest BCUT2D eigenvalue weighted by Crippen LogP contribution is -2.46. The van der Waals surface area contributed by atoms with E-state index >= 15 is 0 Å². The van der Waals surface area contributed by atoms with Crippen LogP contribution in [0.1, 0.15) is 6.42 Å². The molecule has 4 N–H and O–H groups in total. The monoisotopic (exact) mass is 207 g/mol. The largest absolute Gasteiger partial charge is 0.425 e. The number of halogens is 3. The fraction of sp³-hybridized carbons (Fsp3) is 0.667. The van der Waals surface area contributed by atoms with E-state index < -0.39 is 18.4 Å². The van der Waals surface area contributed by atoms with Gasteiger partial charge >= 0.3 is 6.18 Å². The van der Waals surface area contributed by atoms with Crippen LogP contribution in [0.2, 0.25) is 0 Å². The predicted molar refractivity (Wildman–Crippen MR) is 41.8 cm³/mol. The molecule has 5 nitrogen and oxygen atoms in total. The number of nitrogens with two attached hydrogens (primary N) is 1. The molecule has 8 heteroatoms. The maximum absolute atomic E-state index is 12.1. The fourth-order valence-corrected chi connectivity index (χ4v) is 0.884. The zero-order valence-corrected chi connectivity index (χ0v) is 6.97. The third-order valence-electron chi connectivity index (χ3n) is 1.58. The Morgan fingerprint density at radius 1 is 1.64 bits per heavy atom. The lowest BCUT2D eigenvalue weighted by atomic mass is 10.2. The van der Waals surface area contributed by atoms with Crippen LogP contribution in [0.15, 0.2) is 4.99 Å². The summed E-state index contributed by atoms with van der Waals surface area (Å²) in [6.07, 6.45) is -6.53. The van der Waals surface area contributed by atoms with Gasteiger partial charge in [-0.05, 0) is 0 Å². The third-order valence-corrected chi connectivity index (χ3v) is 1.58. The van der Waals surface area contributed by atoms with Gasteiger partial charge in [0.1, 0.15) is 5.84 Å². The number of nitriles is 1. The molecule has 0 fully saturated rings. The summed E-state index contributed by atoms with van der Waals surface area (Å²) >= 11 is 0. The molecule has 0 amide bonds. The summed E-state index contributed by atoms with van der Waals surface area (Å²) in [5, 5.41) is 8.27. The van der Waals surface area contributed by atoms with Crippen LogP contribution in [-0.2, 0) is 0 Å². The first-order valence-electron chi connectivity index (χ1n) is 3.73. The van der Waals surface area contributed by atoms with Gasteiger partial charge in [-0.15, -0.1) is 0 Å². The molecule has 0 spiro atoms. The topological polar surface area (TPSA) is 86.2 Å². The molecule has 0 saturated carbocycles. The van der Waals surface area contributed by atoms with Crippen molar-refractivity contribution < 1.29 is 13.2 Å². The van der Waals surface area contributed by atoms with Gasteiger partial charge in [-0.1, -0.05) is 0 Å². The van der Waals surface area contributed by atoms with Gasteiger partial charge in [0.05, 0.1) is 18.5 Å². The van der Waals surface area contributed by atoms with Gasteiger partial charge in [-0.25, -0.2) is 10.4 Å². The summed E-state index contributed by atoms with van der Waals surface area (Å²) in [6.45, 7) is 0. The standard InChI is InChI=1S/C6H8F3N5/c7-6(8,9)5-12-4(13-14-5)3(11)1-2-10/h3,5,14H,1,11H2,(H,12,13). The summed E-state index contributed by atoms with van der Waals surface area (Å²) in [4.78, 5) is 3.27. The van der Waals surface area contributed by atoms with E-state index in [9.17, 15) is 13.2 Å². The molecule has 78 valence electrons. The number of rotatable bonds is 2. The highest BCUT2D eigenvalue weighted by Crippen LogP contribution is 2.22. The normalized spacial score (nSPS) is 23.6. The Hall–Kier alpha value is -1.33. The number of nitrogens with one attached hydrogen (secondary N) is 2. The number of nitrogens with zero attached hydrogens (tertiary/aromatic N) is 2. The van der Waals surface area contributed by atoms with Crippen molar-refractivity contribution in [3.8, 4) is 6.07 Å². The molecule has 0 aliphatic carbocycles. The van der Waals surface area contributed by atoms with E-state index in [1.54, 1.807) is 6.07 Å². The minimum absolute atomic E-state index is 0.0473. The van der Waals surface area contributed by atoms with Crippen LogP contribution in [0, 0.1) is 11.3 Å². The lowest BCUT2D eigenvalue weighted by molar-refractivity contribution is -0.152. The van der Waals surface area contributed by atoms with E-state index in [2.05, 4.69) is 10.4 Å². The first-order chi connectivity index (χ1) is 6.45. The summed E-state index contributed by atoms with van der Waals surface area (Å²) in [7, 11) is 0. The average Bonchev–Trinajstić information content (AvgIpc) is 2.51. The summed E-state index contributed by atoms with van der Waals surface area (Å²) in [5.74, 6) is -0.0473. The van der Waals surface area contributed by atoms with E-state index in [1.807, 2.05) is 5.43 Å². The maximum atomic E-state index is 12.1. The van der Waals surface area contributed by atoms with Gasteiger partial charge in [-0.2, -0.15) is 18.4 Å². The predicted octanol–water partition coefficient (Wildman–Crippen LogP) is -0.378. The van der Waals surface area contributed by atoms with Crippen LogP contribution in [-0.4, -0.2) is 24.2 Å². The van der Waals surface area contributed by atoms with Crippen LogP contribution in [0.25, 0.3) is 0 Å². The van der Waals surface area contributed by atoms with Gasteiger partial charge in [0.15, 0.2) is 0 Å². The molecule has 0 radical (unpaired) electrons. The Morgan fingerprint density at radius 2 is 2.29 bits per heavy atom. The van der Waals surface area contributed by atoms with Crippen molar-refractivity contribution in [2.45, 2.75) is 24.8 Å². The Kier molecular flexibility index (Phi) is 2.93. The van der Waals surface area contributed by atoms with Crippen molar-refractivity contribution >= 4 is 5.84 Å². The van der Waals surface area contributed by atoms with Crippen molar-refractivity contribution in [2.24, 2.45) is 10.7 Å². The molecule has 0 bridgehead atoms. The molecule has 1 heterocycles. The number of hydrazine groups is 1. The minimum atomic E-state index is -4.46.